The zero-order valence-electron chi connectivity index (χ0n) is 8.41. The van der Waals surface area contributed by atoms with Crippen molar-refractivity contribution in [2.45, 2.75) is 25.5 Å². The highest BCUT2D eigenvalue weighted by molar-refractivity contribution is 5.87. The van der Waals surface area contributed by atoms with Gasteiger partial charge in [-0.1, -0.05) is 0 Å². The standard InChI is InChI=1S/C8H17N3O3/c1-5(12)7(8(14)10-2)11-6(13)3-4-9/h5,7,12H,3-4,9H2,1-2H3,(H,10,14)(H,11,13). The molecular formula is C8H17N3O3. The largest absolute Gasteiger partial charge is 0.391 e. The van der Waals surface area contributed by atoms with Gasteiger partial charge in [0.1, 0.15) is 6.04 Å². The number of nitrogens with one attached hydrogen (secondary N) is 2. The van der Waals surface area contributed by atoms with Crippen LogP contribution >= 0.6 is 0 Å². The van der Waals surface area contributed by atoms with Gasteiger partial charge in [-0.05, 0) is 6.92 Å². The van der Waals surface area contributed by atoms with Crippen molar-refractivity contribution < 1.29 is 14.7 Å². The van der Waals surface area contributed by atoms with Crippen molar-refractivity contribution in [3.8, 4) is 0 Å². The number of rotatable bonds is 5. The number of aliphatic hydroxyl groups excluding tert-OH is 1. The van der Waals surface area contributed by atoms with Crippen LogP contribution in [0.4, 0.5) is 0 Å². The first-order valence-electron chi connectivity index (χ1n) is 4.42. The van der Waals surface area contributed by atoms with Crippen LogP contribution in [0.2, 0.25) is 0 Å². The molecule has 0 heterocycles. The summed E-state index contributed by atoms with van der Waals surface area (Å²) in [6, 6.07) is -0.918. The van der Waals surface area contributed by atoms with Crippen molar-refractivity contribution >= 4 is 11.8 Å². The minimum absolute atomic E-state index is 0.139. The Hall–Kier alpha value is -1.14. The van der Waals surface area contributed by atoms with E-state index in [1.165, 1.54) is 14.0 Å². The monoisotopic (exact) mass is 203 g/mol. The molecule has 0 bridgehead atoms. The first kappa shape index (κ1) is 12.9. The summed E-state index contributed by atoms with van der Waals surface area (Å²) in [5.74, 6) is -0.771. The molecule has 0 saturated carbocycles. The molecule has 6 heteroatoms. The molecule has 0 aliphatic carbocycles. The van der Waals surface area contributed by atoms with E-state index in [1.54, 1.807) is 0 Å². The lowest BCUT2D eigenvalue weighted by molar-refractivity contribution is -0.131. The highest BCUT2D eigenvalue weighted by Crippen LogP contribution is 1.93. The molecule has 0 spiro atoms. The summed E-state index contributed by atoms with van der Waals surface area (Å²) in [7, 11) is 1.44. The fourth-order valence-electron chi connectivity index (χ4n) is 0.937. The van der Waals surface area contributed by atoms with E-state index in [-0.39, 0.29) is 18.9 Å². The van der Waals surface area contributed by atoms with Crippen molar-refractivity contribution in [2.75, 3.05) is 13.6 Å². The summed E-state index contributed by atoms with van der Waals surface area (Å²) >= 11 is 0. The van der Waals surface area contributed by atoms with Gasteiger partial charge in [-0.15, -0.1) is 0 Å². The van der Waals surface area contributed by atoms with Gasteiger partial charge in [0.05, 0.1) is 6.10 Å². The molecule has 6 nitrogen and oxygen atoms in total. The Morgan fingerprint density at radius 2 is 2.07 bits per heavy atom. The number of aliphatic hydroxyl groups is 1. The number of nitrogens with two attached hydrogens (primary N) is 1. The maximum Gasteiger partial charge on any atom is 0.245 e. The van der Waals surface area contributed by atoms with Crippen LogP contribution in [0, 0.1) is 0 Å². The molecule has 0 aliphatic rings. The molecule has 0 aromatic carbocycles. The summed E-state index contributed by atoms with van der Waals surface area (Å²) in [4.78, 5) is 22.3. The molecule has 0 rings (SSSR count). The van der Waals surface area contributed by atoms with Crippen molar-refractivity contribution in [3.05, 3.63) is 0 Å². The Morgan fingerprint density at radius 1 is 1.50 bits per heavy atom. The van der Waals surface area contributed by atoms with E-state index in [0.29, 0.717) is 0 Å². The third-order valence-electron chi connectivity index (χ3n) is 1.70. The molecule has 0 aromatic rings. The molecule has 2 amide bonds. The number of amides is 2. The molecule has 14 heavy (non-hydrogen) atoms. The Morgan fingerprint density at radius 3 is 2.43 bits per heavy atom. The third-order valence-corrected chi connectivity index (χ3v) is 1.70. The molecule has 0 aliphatic heterocycles. The van der Waals surface area contributed by atoms with Gasteiger partial charge in [-0.2, -0.15) is 0 Å². The van der Waals surface area contributed by atoms with Crippen LogP contribution in [0.5, 0.6) is 0 Å². The topological polar surface area (TPSA) is 104 Å². The molecule has 2 atom stereocenters. The molecule has 2 unspecified atom stereocenters. The summed E-state index contributed by atoms with van der Waals surface area (Å²) in [5, 5.41) is 14.0. The van der Waals surface area contributed by atoms with E-state index in [0.717, 1.165) is 0 Å². The van der Waals surface area contributed by atoms with E-state index in [9.17, 15) is 14.7 Å². The quantitative estimate of drug-likeness (QED) is 0.412. The molecule has 5 N–H and O–H groups in total. The summed E-state index contributed by atoms with van der Waals surface area (Å²) in [5.41, 5.74) is 5.17. The highest BCUT2D eigenvalue weighted by atomic mass is 16.3. The zero-order chi connectivity index (χ0) is 11.1. The Kier molecular flexibility index (Phi) is 5.82. The van der Waals surface area contributed by atoms with Gasteiger partial charge in [0.2, 0.25) is 11.8 Å². The Balaban J connectivity index is 4.23. The van der Waals surface area contributed by atoms with Gasteiger partial charge in [0.15, 0.2) is 0 Å². The van der Waals surface area contributed by atoms with Gasteiger partial charge in [-0.25, -0.2) is 0 Å². The minimum atomic E-state index is -0.934. The first-order valence-corrected chi connectivity index (χ1v) is 4.42. The predicted molar refractivity (Wildman–Crippen MR) is 51.3 cm³/mol. The predicted octanol–water partition coefficient (Wildman–Crippen LogP) is -2.05. The van der Waals surface area contributed by atoms with Crippen LogP contribution in [0.15, 0.2) is 0 Å². The van der Waals surface area contributed by atoms with Crippen molar-refractivity contribution in [3.63, 3.8) is 0 Å². The lowest BCUT2D eigenvalue weighted by Crippen LogP contribution is -2.51. The maximum absolute atomic E-state index is 11.2. The average Bonchev–Trinajstić information content (AvgIpc) is 2.13. The SMILES string of the molecule is CNC(=O)C(NC(=O)CCN)C(C)O. The fraction of sp³-hybridized carbons (Fsp3) is 0.750. The summed E-state index contributed by atoms with van der Waals surface area (Å²) in [6.45, 7) is 1.65. The van der Waals surface area contributed by atoms with E-state index in [4.69, 9.17) is 5.73 Å². The number of likely N-dealkylation sites (N-methyl/N-ethyl adjacent to an activating group) is 1. The molecule has 0 aromatic heterocycles. The second kappa shape index (κ2) is 6.33. The second-order valence-corrected chi connectivity index (χ2v) is 2.94. The van der Waals surface area contributed by atoms with Crippen molar-refractivity contribution in [1.82, 2.24) is 10.6 Å². The second-order valence-electron chi connectivity index (χ2n) is 2.94. The van der Waals surface area contributed by atoms with Gasteiger partial charge < -0.3 is 21.5 Å². The van der Waals surface area contributed by atoms with Crippen LogP contribution in [0.3, 0.4) is 0 Å². The summed E-state index contributed by atoms with van der Waals surface area (Å²) < 4.78 is 0. The van der Waals surface area contributed by atoms with Crippen LogP contribution in [-0.4, -0.2) is 42.7 Å². The molecule has 0 radical (unpaired) electrons. The van der Waals surface area contributed by atoms with E-state index in [1.807, 2.05) is 0 Å². The number of hydrogen-bond donors (Lipinski definition) is 4. The summed E-state index contributed by atoms with van der Waals surface area (Å²) in [6.07, 6.45) is -0.795. The Bertz CT molecular complexity index is 206. The van der Waals surface area contributed by atoms with E-state index < -0.39 is 18.1 Å². The van der Waals surface area contributed by atoms with Gasteiger partial charge in [-0.3, -0.25) is 9.59 Å². The first-order chi connectivity index (χ1) is 6.52. The fourth-order valence-corrected chi connectivity index (χ4v) is 0.937. The average molecular weight is 203 g/mol. The molecule has 0 saturated heterocycles. The van der Waals surface area contributed by atoms with Crippen LogP contribution in [-0.2, 0) is 9.59 Å². The van der Waals surface area contributed by atoms with Crippen LogP contribution in [0.25, 0.3) is 0 Å². The highest BCUT2D eigenvalue weighted by Gasteiger charge is 2.23. The van der Waals surface area contributed by atoms with Crippen molar-refractivity contribution in [2.24, 2.45) is 5.73 Å². The normalized spacial score (nSPS) is 14.3. The van der Waals surface area contributed by atoms with E-state index in [2.05, 4.69) is 10.6 Å². The number of carbonyl (C=O) groups excluding carboxylic acids is 2. The number of carbonyl (C=O) groups is 2. The molecular weight excluding hydrogens is 186 g/mol. The van der Waals surface area contributed by atoms with Gasteiger partial charge in [0, 0.05) is 20.0 Å². The lowest BCUT2D eigenvalue weighted by Gasteiger charge is -2.19. The van der Waals surface area contributed by atoms with Crippen LogP contribution < -0.4 is 16.4 Å². The maximum atomic E-state index is 11.2. The van der Waals surface area contributed by atoms with E-state index >= 15 is 0 Å². The molecule has 82 valence electrons. The third kappa shape index (κ3) is 4.20. The van der Waals surface area contributed by atoms with Crippen molar-refractivity contribution in [1.29, 1.82) is 0 Å². The number of hydrogen-bond acceptors (Lipinski definition) is 4. The van der Waals surface area contributed by atoms with Gasteiger partial charge in [0.25, 0.3) is 0 Å². The smallest absolute Gasteiger partial charge is 0.245 e. The Labute approximate surface area is 82.9 Å². The van der Waals surface area contributed by atoms with Gasteiger partial charge >= 0.3 is 0 Å². The molecule has 0 fully saturated rings. The zero-order valence-corrected chi connectivity index (χ0v) is 8.41. The minimum Gasteiger partial charge on any atom is -0.391 e. The lowest BCUT2D eigenvalue weighted by atomic mass is 10.1. The van der Waals surface area contributed by atoms with Crippen LogP contribution in [0.1, 0.15) is 13.3 Å².